The van der Waals surface area contributed by atoms with Gasteiger partial charge in [-0.2, -0.15) is 0 Å². The first-order valence-corrected chi connectivity index (χ1v) is 5.11. The van der Waals surface area contributed by atoms with Gasteiger partial charge in [0.1, 0.15) is 5.75 Å². The van der Waals surface area contributed by atoms with E-state index in [1.54, 1.807) is 25.1 Å². The first-order valence-electron chi connectivity index (χ1n) is 4.35. The van der Waals surface area contributed by atoms with Gasteiger partial charge in [-0.25, -0.2) is 0 Å². The average molecular weight is 235 g/mol. The molecule has 0 aliphatic carbocycles. The molecule has 1 unspecified atom stereocenters. The van der Waals surface area contributed by atoms with Crippen molar-refractivity contribution < 1.29 is 9.84 Å². The van der Waals surface area contributed by atoms with Crippen LogP contribution in [0, 0.1) is 0 Å². The predicted molar refractivity (Wildman–Crippen MR) is 58.3 cm³/mol. The molecule has 1 aromatic carbocycles. The highest BCUT2D eigenvalue weighted by Gasteiger charge is 2.01. The summed E-state index contributed by atoms with van der Waals surface area (Å²) in [5.41, 5.74) is 0. The van der Waals surface area contributed by atoms with Crippen molar-refractivity contribution in [1.82, 2.24) is 0 Å². The highest BCUT2D eigenvalue weighted by Crippen LogP contribution is 2.26. The van der Waals surface area contributed by atoms with Crippen molar-refractivity contribution in [3.05, 3.63) is 28.2 Å². The Morgan fingerprint density at radius 3 is 2.64 bits per heavy atom. The van der Waals surface area contributed by atoms with Crippen LogP contribution in [0.2, 0.25) is 10.0 Å². The van der Waals surface area contributed by atoms with Crippen LogP contribution in [0.3, 0.4) is 0 Å². The molecule has 1 aromatic rings. The van der Waals surface area contributed by atoms with Crippen molar-refractivity contribution in [1.29, 1.82) is 0 Å². The highest BCUT2D eigenvalue weighted by atomic mass is 35.5. The van der Waals surface area contributed by atoms with Crippen molar-refractivity contribution in [2.75, 3.05) is 6.61 Å². The molecular formula is C10H12Cl2O2. The van der Waals surface area contributed by atoms with Crippen LogP contribution in [0.15, 0.2) is 18.2 Å². The number of halogens is 2. The second-order valence-electron chi connectivity index (χ2n) is 3.06. The largest absolute Gasteiger partial charge is 0.493 e. The quantitative estimate of drug-likeness (QED) is 0.868. The van der Waals surface area contributed by atoms with E-state index in [9.17, 15) is 0 Å². The SMILES string of the molecule is CC(O)CCOc1ccc(Cl)c(Cl)c1. The van der Waals surface area contributed by atoms with Crippen molar-refractivity contribution in [2.45, 2.75) is 19.4 Å². The zero-order chi connectivity index (χ0) is 10.6. The molecule has 0 saturated heterocycles. The fraction of sp³-hybridized carbons (Fsp3) is 0.400. The van der Waals surface area contributed by atoms with E-state index >= 15 is 0 Å². The molecule has 0 saturated carbocycles. The van der Waals surface area contributed by atoms with Gasteiger partial charge in [-0.15, -0.1) is 0 Å². The third kappa shape index (κ3) is 3.74. The van der Waals surface area contributed by atoms with Gasteiger partial charge in [-0.05, 0) is 19.1 Å². The Hall–Kier alpha value is -0.440. The van der Waals surface area contributed by atoms with Crippen molar-refractivity contribution in [2.24, 2.45) is 0 Å². The van der Waals surface area contributed by atoms with Gasteiger partial charge in [-0.1, -0.05) is 23.2 Å². The fourth-order valence-electron chi connectivity index (χ4n) is 0.914. The molecular weight excluding hydrogens is 223 g/mol. The Morgan fingerprint density at radius 1 is 1.36 bits per heavy atom. The topological polar surface area (TPSA) is 29.5 Å². The number of rotatable bonds is 4. The molecule has 1 atom stereocenters. The van der Waals surface area contributed by atoms with E-state index in [1.165, 1.54) is 0 Å². The Morgan fingerprint density at radius 2 is 2.07 bits per heavy atom. The number of aliphatic hydroxyl groups excluding tert-OH is 1. The molecule has 4 heteroatoms. The molecule has 0 aliphatic rings. The van der Waals surface area contributed by atoms with Crippen LogP contribution >= 0.6 is 23.2 Å². The van der Waals surface area contributed by atoms with E-state index in [4.69, 9.17) is 33.0 Å². The maximum Gasteiger partial charge on any atom is 0.120 e. The number of hydrogen-bond acceptors (Lipinski definition) is 2. The standard InChI is InChI=1S/C10H12Cl2O2/c1-7(13)4-5-14-8-2-3-9(11)10(12)6-8/h2-3,6-7,13H,4-5H2,1H3. The van der Waals surface area contributed by atoms with Crippen LogP contribution < -0.4 is 4.74 Å². The third-order valence-corrected chi connectivity index (χ3v) is 2.43. The summed E-state index contributed by atoms with van der Waals surface area (Å²) in [5, 5.41) is 9.98. The second kappa shape index (κ2) is 5.44. The van der Waals surface area contributed by atoms with Gasteiger partial charge in [-0.3, -0.25) is 0 Å². The van der Waals surface area contributed by atoms with Gasteiger partial charge in [0.15, 0.2) is 0 Å². The Balaban J connectivity index is 2.47. The lowest BCUT2D eigenvalue weighted by atomic mass is 10.3. The average Bonchev–Trinajstić information content (AvgIpc) is 2.10. The number of benzene rings is 1. The molecule has 0 amide bonds. The molecule has 14 heavy (non-hydrogen) atoms. The Bertz CT molecular complexity index is 300. The van der Waals surface area contributed by atoms with Gasteiger partial charge in [0, 0.05) is 12.5 Å². The molecule has 2 nitrogen and oxygen atoms in total. The van der Waals surface area contributed by atoms with Crippen LogP contribution in [0.1, 0.15) is 13.3 Å². The predicted octanol–water partition coefficient (Wildman–Crippen LogP) is 3.14. The van der Waals surface area contributed by atoms with Gasteiger partial charge in [0.2, 0.25) is 0 Å². The van der Waals surface area contributed by atoms with E-state index < -0.39 is 0 Å². The molecule has 0 spiro atoms. The molecule has 1 N–H and O–H groups in total. The maximum absolute atomic E-state index is 9.00. The minimum Gasteiger partial charge on any atom is -0.493 e. The molecule has 0 radical (unpaired) electrons. The zero-order valence-corrected chi connectivity index (χ0v) is 9.35. The summed E-state index contributed by atoms with van der Waals surface area (Å²) in [6, 6.07) is 5.09. The summed E-state index contributed by atoms with van der Waals surface area (Å²) >= 11 is 11.5. The second-order valence-corrected chi connectivity index (χ2v) is 3.88. The number of ether oxygens (including phenoxy) is 1. The molecule has 0 bridgehead atoms. The summed E-state index contributed by atoms with van der Waals surface area (Å²) in [7, 11) is 0. The summed E-state index contributed by atoms with van der Waals surface area (Å²) in [4.78, 5) is 0. The highest BCUT2D eigenvalue weighted by molar-refractivity contribution is 6.42. The summed E-state index contributed by atoms with van der Waals surface area (Å²) in [6.07, 6.45) is 0.248. The Labute approximate surface area is 93.4 Å². The van der Waals surface area contributed by atoms with Crippen molar-refractivity contribution in [3.8, 4) is 5.75 Å². The fourth-order valence-corrected chi connectivity index (χ4v) is 1.20. The van der Waals surface area contributed by atoms with E-state index in [2.05, 4.69) is 0 Å². The molecule has 1 rings (SSSR count). The normalized spacial score (nSPS) is 12.6. The minimum atomic E-state index is -0.349. The maximum atomic E-state index is 9.00. The molecule has 0 aromatic heterocycles. The van der Waals surface area contributed by atoms with Gasteiger partial charge >= 0.3 is 0 Å². The summed E-state index contributed by atoms with van der Waals surface area (Å²) in [5.74, 6) is 0.667. The zero-order valence-electron chi connectivity index (χ0n) is 7.84. The number of aliphatic hydroxyl groups is 1. The minimum absolute atomic E-state index is 0.349. The molecule has 78 valence electrons. The van der Waals surface area contributed by atoms with Crippen LogP contribution in [-0.4, -0.2) is 17.8 Å². The lowest BCUT2D eigenvalue weighted by Gasteiger charge is -2.08. The monoisotopic (exact) mass is 234 g/mol. The molecule has 0 heterocycles. The van der Waals surface area contributed by atoms with Gasteiger partial charge < -0.3 is 9.84 Å². The molecule has 0 aliphatic heterocycles. The van der Waals surface area contributed by atoms with Gasteiger partial charge in [0.25, 0.3) is 0 Å². The van der Waals surface area contributed by atoms with Crippen LogP contribution in [0.4, 0.5) is 0 Å². The van der Waals surface area contributed by atoms with E-state index in [0.717, 1.165) is 0 Å². The first-order chi connectivity index (χ1) is 6.59. The van der Waals surface area contributed by atoms with E-state index in [-0.39, 0.29) is 6.10 Å². The first kappa shape index (κ1) is 11.6. The number of hydrogen-bond donors (Lipinski definition) is 1. The smallest absolute Gasteiger partial charge is 0.120 e. The van der Waals surface area contributed by atoms with Crippen LogP contribution in [-0.2, 0) is 0 Å². The lowest BCUT2D eigenvalue weighted by molar-refractivity contribution is 0.155. The summed E-state index contributed by atoms with van der Waals surface area (Å²) in [6.45, 7) is 2.19. The van der Waals surface area contributed by atoms with Gasteiger partial charge in [0.05, 0.1) is 22.8 Å². The third-order valence-electron chi connectivity index (χ3n) is 1.70. The van der Waals surface area contributed by atoms with E-state index in [1.807, 2.05) is 0 Å². The van der Waals surface area contributed by atoms with Crippen molar-refractivity contribution >= 4 is 23.2 Å². The molecule has 0 fully saturated rings. The van der Waals surface area contributed by atoms with E-state index in [0.29, 0.717) is 28.8 Å². The van der Waals surface area contributed by atoms with Crippen LogP contribution in [0.5, 0.6) is 5.75 Å². The lowest BCUT2D eigenvalue weighted by Crippen LogP contribution is -2.07. The van der Waals surface area contributed by atoms with Crippen LogP contribution in [0.25, 0.3) is 0 Å². The van der Waals surface area contributed by atoms with Crippen molar-refractivity contribution in [3.63, 3.8) is 0 Å². The Kier molecular flexibility index (Phi) is 4.52. The summed E-state index contributed by atoms with van der Waals surface area (Å²) < 4.78 is 5.35.